The van der Waals surface area contributed by atoms with Crippen LogP contribution in [0.25, 0.3) is 0 Å². The van der Waals surface area contributed by atoms with Crippen molar-refractivity contribution in [3.05, 3.63) is 29.8 Å². The minimum absolute atomic E-state index is 0.0249. The average molecular weight is 343 g/mol. The van der Waals surface area contributed by atoms with Gasteiger partial charge in [0.15, 0.2) is 0 Å². The molecule has 0 saturated carbocycles. The quantitative estimate of drug-likeness (QED) is 0.700. The van der Waals surface area contributed by atoms with Gasteiger partial charge in [-0.05, 0) is 30.9 Å². The van der Waals surface area contributed by atoms with E-state index in [1.165, 1.54) is 10.5 Å². The van der Waals surface area contributed by atoms with Gasteiger partial charge in [0.1, 0.15) is 0 Å². The van der Waals surface area contributed by atoms with Crippen LogP contribution in [0.3, 0.4) is 0 Å². The standard InChI is InChI=1S/C16H26N2O2S2/c1-3-5-11-17-22(19,20)18(12-6-4-2)16-13-14-9-7-8-10-15(14)21-16/h7-10,16-17H,3-6,11-13H2,1-2H3. The Morgan fingerprint density at radius 2 is 1.95 bits per heavy atom. The van der Waals surface area contributed by atoms with Crippen LogP contribution in [0.15, 0.2) is 29.2 Å². The molecule has 4 nitrogen and oxygen atoms in total. The lowest BCUT2D eigenvalue weighted by Gasteiger charge is -2.27. The summed E-state index contributed by atoms with van der Waals surface area (Å²) in [4.78, 5) is 1.21. The molecule has 0 bridgehead atoms. The first-order valence-corrected chi connectivity index (χ1v) is 10.4. The first-order chi connectivity index (χ1) is 10.6. The predicted molar refractivity (Wildman–Crippen MR) is 93.2 cm³/mol. The fourth-order valence-electron chi connectivity index (χ4n) is 2.52. The minimum Gasteiger partial charge on any atom is -0.202 e. The third-order valence-corrected chi connectivity index (χ3v) is 6.91. The van der Waals surface area contributed by atoms with Gasteiger partial charge in [-0.25, -0.2) is 4.72 Å². The van der Waals surface area contributed by atoms with Crippen LogP contribution >= 0.6 is 11.8 Å². The Morgan fingerprint density at radius 1 is 1.23 bits per heavy atom. The van der Waals surface area contributed by atoms with Crippen molar-refractivity contribution in [3.63, 3.8) is 0 Å². The number of benzene rings is 1. The van der Waals surface area contributed by atoms with Gasteiger partial charge in [0.2, 0.25) is 0 Å². The fourth-order valence-corrected chi connectivity index (χ4v) is 5.55. The number of rotatable bonds is 9. The molecule has 0 fully saturated rings. The van der Waals surface area contributed by atoms with Crippen LogP contribution in [0.1, 0.15) is 45.1 Å². The molecule has 1 aliphatic heterocycles. The van der Waals surface area contributed by atoms with Crippen molar-refractivity contribution in [2.45, 2.75) is 56.2 Å². The highest BCUT2D eigenvalue weighted by Gasteiger charge is 2.34. The normalized spacial score (nSPS) is 17.9. The molecule has 0 aromatic heterocycles. The molecule has 0 aliphatic carbocycles. The van der Waals surface area contributed by atoms with Gasteiger partial charge in [0.05, 0.1) is 5.37 Å². The third-order valence-electron chi connectivity index (χ3n) is 3.81. The summed E-state index contributed by atoms with van der Waals surface area (Å²) in [6.07, 6.45) is 4.53. The van der Waals surface area contributed by atoms with Crippen LogP contribution in [-0.2, 0) is 16.6 Å². The molecule has 1 aromatic rings. The Balaban J connectivity index is 2.10. The van der Waals surface area contributed by atoms with Crippen LogP contribution in [0, 0.1) is 0 Å². The highest BCUT2D eigenvalue weighted by molar-refractivity contribution is 8.01. The third kappa shape index (κ3) is 4.47. The van der Waals surface area contributed by atoms with Crippen molar-refractivity contribution in [1.29, 1.82) is 0 Å². The Hall–Kier alpha value is -0.560. The van der Waals surface area contributed by atoms with E-state index >= 15 is 0 Å². The molecular weight excluding hydrogens is 316 g/mol. The van der Waals surface area contributed by atoms with Gasteiger partial charge < -0.3 is 0 Å². The first kappa shape index (κ1) is 17.8. The van der Waals surface area contributed by atoms with Crippen LogP contribution in [-0.4, -0.2) is 31.2 Å². The van der Waals surface area contributed by atoms with Gasteiger partial charge in [0, 0.05) is 18.0 Å². The highest BCUT2D eigenvalue weighted by atomic mass is 32.2. The summed E-state index contributed by atoms with van der Waals surface area (Å²) in [6.45, 7) is 5.26. The van der Waals surface area contributed by atoms with Crippen LogP contribution in [0.5, 0.6) is 0 Å². The van der Waals surface area contributed by atoms with Gasteiger partial charge in [-0.3, -0.25) is 0 Å². The van der Waals surface area contributed by atoms with Crippen molar-refractivity contribution >= 4 is 22.0 Å². The first-order valence-electron chi connectivity index (χ1n) is 8.09. The van der Waals surface area contributed by atoms with E-state index in [0.29, 0.717) is 13.1 Å². The number of nitrogens with one attached hydrogen (secondary N) is 1. The average Bonchev–Trinajstić information content (AvgIpc) is 2.91. The molecule has 0 amide bonds. The summed E-state index contributed by atoms with van der Waals surface area (Å²) in [5.41, 5.74) is 1.25. The van der Waals surface area contributed by atoms with E-state index in [1.807, 2.05) is 12.1 Å². The second-order valence-corrected chi connectivity index (χ2v) is 8.53. The maximum absolute atomic E-state index is 12.7. The van der Waals surface area contributed by atoms with Crippen LogP contribution < -0.4 is 4.72 Å². The maximum Gasteiger partial charge on any atom is 0.280 e. The molecule has 6 heteroatoms. The molecule has 124 valence electrons. The Morgan fingerprint density at radius 3 is 2.64 bits per heavy atom. The van der Waals surface area contributed by atoms with Gasteiger partial charge in [0.25, 0.3) is 10.2 Å². The molecule has 1 aliphatic rings. The summed E-state index contributed by atoms with van der Waals surface area (Å²) in [6, 6.07) is 8.21. The van der Waals surface area contributed by atoms with E-state index in [2.05, 4.69) is 30.7 Å². The zero-order chi connectivity index (χ0) is 16.0. The topological polar surface area (TPSA) is 49.4 Å². The van der Waals surface area contributed by atoms with Crippen molar-refractivity contribution in [2.75, 3.05) is 13.1 Å². The molecule has 1 heterocycles. The number of unbranched alkanes of at least 4 members (excludes halogenated alkanes) is 2. The Kier molecular flexibility index (Phi) is 6.74. The predicted octanol–water partition coefficient (Wildman–Crippen LogP) is 3.40. The summed E-state index contributed by atoms with van der Waals surface area (Å²) in [5, 5.41) is -0.0249. The lowest BCUT2D eigenvalue weighted by atomic mass is 10.1. The van der Waals surface area contributed by atoms with E-state index in [4.69, 9.17) is 0 Å². The van der Waals surface area contributed by atoms with E-state index in [9.17, 15) is 8.42 Å². The number of nitrogens with zero attached hydrogens (tertiary/aromatic N) is 1. The Labute approximate surface area is 138 Å². The lowest BCUT2D eigenvalue weighted by molar-refractivity contribution is 0.379. The second-order valence-electron chi connectivity index (χ2n) is 5.60. The lowest BCUT2D eigenvalue weighted by Crippen LogP contribution is -2.46. The minimum atomic E-state index is -3.41. The van der Waals surface area contributed by atoms with E-state index in [-0.39, 0.29) is 5.37 Å². The molecule has 22 heavy (non-hydrogen) atoms. The summed E-state index contributed by atoms with van der Waals surface area (Å²) in [5.74, 6) is 0. The molecule has 2 rings (SSSR count). The van der Waals surface area contributed by atoms with E-state index < -0.39 is 10.2 Å². The van der Waals surface area contributed by atoms with Gasteiger partial charge in [-0.1, -0.05) is 44.9 Å². The summed E-state index contributed by atoms with van der Waals surface area (Å²) < 4.78 is 29.7. The highest BCUT2D eigenvalue weighted by Crippen LogP contribution is 2.39. The van der Waals surface area contributed by atoms with E-state index in [0.717, 1.165) is 32.1 Å². The molecule has 0 radical (unpaired) electrons. The smallest absolute Gasteiger partial charge is 0.202 e. The monoisotopic (exact) mass is 342 g/mol. The number of hydrogen-bond acceptors (Lipinski definition) is 3. The largest absolute Gasteiger partial charge is 0.280 e. The molecule has 0 spiro atoms. The van der Waals surface area contributed by atoms with Crippen molar-refractivity contribution in [3.8, 4) is 0 Å². The zero-order valence-electron chi connectivity index (χ0n) is 13.4. The Bertz CT molecular complexity index is 550. The zero-order valence-corrected chi connectivity index (χ0v) is 15.0. The fraction of sp³-hybridized carbons (Fsp3) is 0.625. The summed E-state index contributed by atoms with van der Waals surface area (Å²) in [7, 11) is -3.41. The van der Waals surface area contributed by atoms with Gasteiger partial charge in [-0.2, -0.15) is 12.7 Å². The number of hydrogen-bond donors (Lipinski definition) is 1. The molecule has 1 atom stereocenters. The van der Waals surface area contributed by atoms with Gasteiger partial charge in [-0.15, -0.1) is 11.8 Å². The van der Waals surface area contributed by atoms with Crippen LogP contribution in [0.2, 0.25) is 0 Å². The molecular formula is C16H26N2O2S2. The van der Waals surface area contributed by atoms with Crippen molar-refractivity contribution in [1.82, 2.24) is 9.03 Å². The SMILES string of the molecule is CCCCNS(=O)(=O)N(CCCC)C1Cc2ccccc2S1. The number of fused-ring (bicyclic) bond motifs is 1. The molecule has 1 N–H and O–H groups in total. The van der Waals surface area contributed by atoms with Crippen LogP contribution in [0.4, 0.5) is 0 Å². The molecule has 0 saturated heterocycles. The number of thioether (sulfide) groups is 1. The van der Waals surface area contributed by atoms with Gasteiger partial charge >= 0.3 is 0 Å². The van der Waals surface area contributed by atoms with Crippen molar-refractivity contribution < 1.29 is 8.42 Å². The molecule has 1 unspecified atom stereocenters. The maximum atomic E-state index is 12.7. The van der Waals surface area contributed by atoms with E-state index in [1.54, 1.807) is 16.1 Å². The van der Waals surface area contributed by atoms with Crippen molar-refractivity contribution in [2.24, 2.45) is 0 Å². The molecule has 1 aromatic carbocycles. The second kappa shape index (κ2) is 8.34. The summed E-state index contributed by atoms with van der Waals surface area (Å²) >= 11 is 1.67.